The molecule has 1 aromatic carbocycles. The van der Waals surface area contributed by atoms with Gasteiger partial charge in [0.1, 0.15) is 5.82 Å². The first kappa shape index (κ1) is 14.0. The Hall–Kier alpha value is -1.40. The molecule has 0 atom stereocenters. The Morgan fingerprint density at radius 2 is 2.00 bits per heavy atom. The molecule has 0 aliphatic carbocycles. The van der Waals surface area contributed by atoms with Gasteiger partial charge in [-0.2, -0.15) is 0 Å². The Morgan fingerprint density at radius 3 is 2.63 bits per heavy atom. The van der Waals surface area contributed by atoms with E-state index in [1.807, 2.05) is 18.2 Å². The molecule has 0 saturated heterocycles. The molecule has 0 radical (unpaired) electrons. The van der Waals surface area contributed by atoms with Crippen molar-refractivity contribution < 1.29 is 9.90 Å². The van der Waals surface area contributed by atoms with E-state index >= 15 is 0 Å². The zero-order valence-electron chi connectivity index (χ0n) is 9.95. The Kier molecular flexibility index (Phi) is 4.21. The van der Waals surface area contributed by atoms with E-state index in [9.17, 15) is 4.79 Å². The molecule has 19 heavy (non-hydrogen) atoms. The van der Waals surface area contributed by atoms with Crippen LogP contribution < -0.4 is 5.32 Å². The van der Waals surface area contributed by atoms with Gasteiger partial charge in [-0.05, 0) is 53.2 Å². The van der Waals surface area contributed by atoms with Gasteiger partial charge in [0.05, 0.1) is 11.3 Å². The number of aromatic carboxylic acids is 1. The Balaban J connectivity index is 2.35. The highest BCUT2D eigenvalue weighted by Gasteiger charge is 2.08. The second-order valence-electron chi connectivity index (χ2n) is 3.94. The summed E-state index contributed by atoms with van der Waals surface area (Å²) in [5.74, 6) is -0.469. The minimum Gasteiger partial charge on any atom is -0.478 e. The number of carboxylic acid groups (broad SMARTS) is 1. The summed E-state index contributed by atoms with van der Waals surface area (Å²) >= 11 is 6.81. The number of aryl methyl sites for hydroxylation is 1. The van der Waals surface area contributed by atoms with E-state index in [0.717, 1.165) is 14.6 Å². The molecule has 0 spiro atoms. The molecule has 2 rings (SSSR count). The van der Waals surface area contributed by atoms with Crippen LogP contribution in [0.1, 0.15) is 16.1 Å². The molecule has 0 aliphatic rings. The molecule has 0 saturated carbocycles. The maximum atomic E-state index is 11.0. The van der Waals surface area contributed by atoms with Crippen molar-refractivity contribution in [1.82, 2.24) is 4.98 Å². The van der Waals surface area contributed by atoms with Gasteiger partial charge in [-0.3, -0.25) is 0 Å². The van der Waals surface area contributed by atoms with E-state index in [1.54, 1.807) is 6.92 Å². The van der Waals surface area contributed by atoms with Gasteiger partial charge in [-0.25, -0.2) is 9.78 Å². The number of hydrogen-bond donors (Lipinski definition) is 2. The molecule has 2 N–H and O–H groups in total. The Bertz CT molecular complexity index is 645. The first-order valence-corrected chi connectivity index (χ1v) is 6.98. The monoisotopic (exact) mass is 384 g/mol. The fraction of sp³-hybridized carbons (Fsp3) is 0.0769. The molecule has 0 fully saturated rings. The maximum absolute atomic E-state index is 11.0. The van der Waals surface area contributed by atoms with Gasteiger partial charge in [0.2, 0.25) is 0 Å². The third kappa shape index (κ3) is 3.54. The summed E-state index contributed by atoms with van der Waals surface area (Å²) in [7, 11) is 0. The number of rotatable bonds is 3. The molecule has 98 valence electrons. The predicted octanol–water partition coefficient (Wildman–Crippen LogP) is 4.36. The van der Waals surface area contributed by atoms with Gasteiger partial charge in [0.25, 0.3) is 0 Å². The normalized spacial score (nSPS) is 10.3. The van der Waals surface area contributed by atoms with Gasteiger partial charge in [-0.15, -0.1) is 0 Å². The van der Waals surface area contributed by atoms with Crippen molar-refractivity contribution in [1.29, 1.82) is 0 Å². The molecule has 0 bridgehead atoms. The van der Waals surface area contributed by atoms with Crippen LogP contribution in [-0.4, -0.2) is 16.1 Å². The maximum Gasteiger partial charge on any atom is 0.335 e. The number of carbonyl (C=O) groups is 1. The topological polar surface area (TPSA) is 62.2 Å². The van der Waals surface area contributed by atoms with Gasteiger partial charge in [-0.1, -0.05) is 15.9 Å². The van der Waals surface area contributed by atoms with Crippen molar-refractivity contribution in [3.05, 3.63) is 50.5 Å². The lowest BCUT2D eigenvalue weighted by atomic mass is 10.2. The number of nitrogens with zero attached hydrogens (tertiary/aromatic N) is 1. The second-order valence-corrected chi connectivity index (χ2v) is 5.71. The minimum atomic E-state index is -0.969. The standard InChI is InChI=1S/C13H10Br2N2O2/c1-7-4-8(13(18)19)5-12(16-7)17-11-3-2-9(14)6-10(11)15/h2-6H,1H3,(H,16,17)(H,18,19). The van der Waals surface area contributed by atoms with Crippen LogP contribution >= 0.6 is 31.9 Å². The SMILES string of the molecule is Cc1cc(C(=O)O)cc(Nc2ccc(Br)cc2Br)n1. The van der Waals surface area contributed by atoms with Crippen LogP contribution in [0.3, 0.4) is 0 Å². The van der Waals surface area contributed by atoms with Crippen molar-refractivity contribution in [3.8, 4) is 0 Å². The molecular weight excluding hydrogens is 376 g/mol. The van der Waals surface area contributed by atoms with Crippen LogP contribution in [-0.2, 0) is 0 Å². The smallest absolute Gasteiger partial charge is 0.335 e. The number of hydrogen-bond acceptors (Lipinski definition) is 3. The first-order valence-electron chi connectivity index (χ1n) is 5.40. The van der Waals surface area contributed by atoms with Crippen LogP contribution in [0, 0.1) is 6.92 Å². The average Bonchev–Trinajstić information content (AvgIpc) is 2.32. The highest BCUT2D eigenvalue weighted by atomic mass is 79.9. The fourth-order valence-electron chi connectivity index (χ4n) is 1.58. The first-order chi connectivity index (χ1) is 8.95. The van der Waals surface area contributed by atoms with Crippen molar-refractivity contribution in [2.75, 3.05) is 5.32 Å². The van der Waals surface area contributed by atoms with Crippen LogP contribution in [0.25, 0.3) is 0 Å². The number of nitrogens with one attached hydrogen (secondary N) is 1. The Morgan fingerprint density at radius 1 is 1.26 bits per heavy atom. The molecule has 0 aliphatic heterocycles. The van der Waals surface area contributed by atoms with E-state index in [-0.39, 0.29) is 5.56 Å². The minimum absolute atomic E-state index is 0.211. The van der Waals surface area contributed by atoms with E-state index in [0.29, 0.717) is 11.5 Å². The van der Waals surface area contributed by atoms with Crippen LogP contribution in [0.4, 0.5) is 11.5 Å². The molecule has 4 nitrogen and oxygen atoms in total. The number of anilines is 2. The molecule has 1 aromatic heterocycles. The van der Waals surface area contributed by atoms with Crippen molar-refractivity contribution >= 4 is 49.3 Å². The molecule has 0 unspecified atom stereocenters. The quantitative estimate of drug-likeness (QED) is 0.824. The average molecular weight is 386 g/mol. The van der Waals surface area contributed by atoms with E-state index in [2.05, 4.69) is 42.2 Å². The van der Waals surface area contributed by atoms with E-state index in [4.69, 9.17) is 5.11 Å². The molecule has 6 heteroatoms. The lowest BCUT2D eigenvalue weighted by Gasteiger charge is -2.09. The summed E-state index contributed by atoms with van der Waals surface area (Å²) in [6.07, 6.45) is 0. The summed E-state index contributed by atoms with van der Waals surface area (Å²) in [6, 6.07) is 8.70. The molecule has 2 aromatic rings. The second kappa shape index (κ2) is 5.71. The zero-order chi connectivity index (χ0) is 14.0. The number of carboxylic acids is 1. The van der Waals surface area contributed by atoms with Crippen LogP contribution in [0.5, 0.6) is 0 Å². The van der Waals surface area contributed by atoms with Crippen molar-refractivity contribution in [2.45, 2.75) is 6.92 Å². The Labute approximate surface area is 127 Å². The summed E-state index contributed by atoms with van der Waals surface area (Å²) in [4.78, 5) is 15.3. The van der Waals surface area contributed by atoms with Crippen molar-refractivity contribution in [3.63, 3.8) is 0 Å². The highest BCUT2D eigenvalue weighted by Crippen LogP contribution is 2.28. The number of halogens is 2. The summed E-state index contributed by atoms with van der Waals surface area (Å²) in [5, 5.41) is 12.1. The van der Waals surface area contributed by atoms with Gasteiger partial charge < -0.3 is 10.4 Å². The molecule has 1 heterocycles. The van der Waals surface area contributed by atoms with Crippen molar-refractivity contribution in [2.24, 2.45) is 0 Å². The third-order valence-electron chi connectivity index (χ3n) is 2.39. The number of aromatic nitrogens is 1. The third-order valence-corrected chi connectivity index (χ3v) is 3.54. The predicted molar refractivity (Wildman–Crippen MR) is 81.1 cm³/mol. The van der Waals surface area contributed by atoms with Crippen LogP contribution in [0.15, 0.2) is 39.3 Å². The fourth-order valence-corrected chi connectivity index (χ4v) is 2.73. The van der Waals surface area contributed by atoms with Crippen LogP contribution in [0.2, 0.25) is 0 Å². The largest absolute Gasteiger partial charge is 0.478 e. The van der Waals surface area contributed by atoms with Gasteiger partial charge in [0.15, 0.2) is 0 Å². The summed E-state index contributed by atoms with van der Waals surface area (Å²) in [5.41, 5.74) is 1.68. The number of pyridine rings is 1. The van der Waals surface area contributed by atoms with E-state index < -0.39 is 5.97 Å². The molecular formula is C13H10Br2N2O2. The lowest BCUT2D eigenvalue weighted by Crippen LogP contribution is -2.02. The summed E-state index contributed by atoms with van der Waals surface area (Å²) < 4.78 is 1.82. The zero-order valence-corrected chi connectivity index (χ0v) is 13.1. The van der Waals surface area contributed by atoms with Gasteiger partial charge in [0, 0.05) is 14.6 Å². The van der Waals surface area contributed by atoms with E-state index in [1.165, 1.54) is 12.1 Å². The molecule has 0 amide bonds. The van der Waals surface area contributed by atoms with Gasteiger partial charge >= 0.3 is 5.97 Å². The number of benzene rings is 1. The highest BCUT2D eigenvalue weighted by molar-refractivity contribution is 9.11. The lowest BCUT2D eigenvalue weighted by molar-refractivity contribution is 0.0696. The summed E-state index contributed by atoms with van der Waals surface area (Å²) in [6.45, 7) is 1.76.